The van der Waals surface area contributed by atoms with E-state index in [1.54, 1.807) is 18.2 Å². The molecule has 1 aromatic heterocycles. The van der Waals surface area contributed by atoms with E-state index in [4.69, 9.17) is 16.3 Å². The number of ether oxygens (including phenoxy) is 1. The summed E-state index contributed by atoms with van der Waals surface area (Å²) >= 11 is 8.43. The normalized spacial score (nSPS) is 13.4. The number of aromatic nitrogens is 2. The van der Waals surface area contributed by atoms with Crippen LogP contribution in [0.2, 0.25) is 5.02 Å². The van der Waals surface area contributed by atoms with Crippen LogP contribution >= 0.6 is 34.7 Å². The molecule has 2 aromatic rings. The zero-order valence-electron chi connectivity index (χ0n) is 13.2. The second-order valence-corrected chi connectivity index (χ2v) is 7.95. The first kappa shape index (κ1) is 18.0. The minimum absolute atomic E-state index is 0.0153. The number of carbonyl (C=O) groups excluding carboxylic acids is 2. The molecule has 0 aliphatic heterocycles. The van der Waals surface area contributed by atoms with Gasteiger partial charge in [-0.2, -0.15) is 0 Å². The van der Waals surface area contributed by atoms with Crippen molar-refractivity contribution < 1.29 is 14.3 Å². The van der Waals surface area contributed by atoms with Crippen LogP contribution in [0.1, 0.15) is 12.8 Å². The largest absolute Gasteiger partial charge is 0.495 e. The van der Waals surface area contributed by atoms with E-state index in [1.165, 1.54) is 30.2 Å². The zero-order valence-corrected chi connectivity index (χ0v) is 15.6. The number of amides is 2. The molecule has 1 aromatic carbocycles. The molecule has 2 N–H and O–H groups in total. The number of hydrogen-bond donors (Lipinski definition) is 2. The SMILES string of the molecule is COc1ccc(Cl)cc1NC(=O)CSc1nnc(NC(=O)C2CC2)s1. The molecule has 3 rings (SSSR count). The van der Waals surface area contributed by atoms with E-state index in [0.29, 0.717) is 25.9 Å². The van der Waals surface area contributed by atoms with Gasteiger partial charge in [0, 0.05) is 10.9 Å². The van der Waals surface area contributed by atoms with Crippen molar-refractivity contribution in [3.63, 3.8) is 0 Å². The van der Waals surface area contributed by atoms with Crippen LogP contribution in [-0.4, -0.2) is 34.9 Å². The fraction of sp³-hybridized carbons (Fsp3) is 0.333. The molecule has 1 saturated carbocycles. The molecule has 2 amide bonds. The lowest BCUT2D eigenvalue weighted by atomic mass is 10.3. The van der Waals surface area contributed by atoms with Gasteiger partial charge in [0.25, 0.3) is 0 Å². The first-order valence-electron chi connectivity index (χ1n) is 7.45. The summed E-state index contributed by atoms with van der Waals surface area (Å²) in [5.74, 6) is 0.561. The van der Waals surface area contributed by atoms with Gasteiger partial charge in [0.1, 0.15) is 5.75 Å². The third-order valence-electron chi connectivity index (χ3n) is 3.35. The Hall–Kier alpha value is -1.84. The number of halogens is 1. The quantitative estimate of drug-likeness (QED) is 0.549. The zero-order chi connectivity index (χ0) is 17.8. The van der Waals surface area contributed by atoms with Crippen molar-refractivity contribution in [2.75, 3.05) is 23.5 Å². The van der Waals surface area contributed by atoms with Crippen molar-refractivity contribution in [1.29, 1.82) is 0 Å². The van der Waals surface area contributed by atoms with E-state index in [9.17, 15) is 9.59 Å². The Labute approximate surface area is 157 Å². The third-order valence-corrected chi connectivity index (χ3v) is 5.55. The van der Waals surface area contributed by atoms with Crippen molar-refractivity contribution in [3.8, 4) is 5.75 Å². The van der Waals surface area contributed by atoms with Gasteiger partial charge in [0.05, 0.1) is 18.6 Å². The van der Waals surface area contributed by atoms with Gasteiger partial charge in [-0.25, -0.2) is 0 Å². The summed E-state index contributed by atoms with van der Waals surface area (Å²) in [5.41, 5.74) is 0.509. The monoisotopic (exact) mass is 398 g/mol. The van der Waals surface area contributed by atoms with E-state index in [1.807, 2.05) is 0 Å². The van der Waals surface area contributed by atoms with Gasteiger partial charge in [-0.05, 0) is 31.0 Å². The van der Waals surface area contributed by atoms with Crippen LogP contribution in [0.3, 0.4) is 0 Å². The van der Waals surface area contributed by atoms with Gasteiger partial charge in [0.15, 0.2) is 4.34 Å². The Balaban J connectivity index is 1.51. The van der Waals surface area contributed by atoms with Gasteiger partial charge in [-0.3, -0.25) is 9.59 Å². The van der Waals surface area contributed by atoms with Gasteiger partial charge in [-0.15, -0.1) is 10.2 Å². The fourth-order valence-corrected chi connectivity index (χ4v) is 3.69. The minimum Gasteiger partial charge on any atom is -0.495 e. The summed E-state index contributed by atoms with van der Waals surface area (Å²) < 4.78 is 5.80. The summed E-state index contributed by atoms with van der Waals surface area (Å²) in [5, 5.41) is 14.3. The molecule has 0 atom stereocenters. The highest BCUT2D eigenvalue weighted by Crippen LogP contribution is 2.32. The standard InChI is InChI=1S/C15H15ClN4O3S2/c1-23-11-5-4-9(16)6-10(11)17-12(21)7-24-15-20-19-14(25-15)18-13(22)8-2-3-8/h4-6,8H,2-3,7H2,1H3,(H,17,21)(H,18,19,22). The number of benzene rings is 1. The van der Waals surface area contributed by atoms with E-state index in [-0.39, 0.29) is 23.5 Å². The number of hydrogen-bond acceptors (Lipinski definition) is 7. The number of rotatable bonds is 7. The molecule has 25 heavy (non-hydrogen) atoms. The number of thioether (sulfide) groups is 1. The van der Waals surface area contributed by atoms with Gasteiger partial charge < -0.3 is 15.4 Å². The van der Waals surface area contributed by atoms with Crippen molar-refractivity contribution in [2.45, 2.75) is 17.2 Å². The molecular weight excluding hydrogens is 384 g/mol. The lowest BCUT2D eigenvalue weighted by molar-refractivity contribution is -0.117. The van der Waals surface area contributed by atoms with Crippen molar-refractivity contribution in [2.24, 2.45) is 5.92 Å². The Morgan fingerprint density at radius 1 is 1.36 bits per heavy atom. The van der Waals surface area contributed by atoms with Crippen LogP contribution in [0.25, 0.3) is 0 Å². The molecule has 7 nitrogen and oxygen atoms in total. The highest BCUT2D eigenvalue weighted by atomic mass is 35.5. The molecule has 0 unspecified atom stereocenters. The summed E-state index contributed by atoms with van der Waals surface area (Å²) in [4.78, 5) is 23.8. The van der Waals surface area contributed by atoms with Gasteiger partial charge in [-0.1, -0.05) is 34.7 Å². The second kappa shape index (κ2) is 8.03. The Bertz CT molecular complexity index is 795. The summed E-state index contributed by atoms with van der Waals surface area (Å²) in [6, 6.07) is 4.99. The number of anilines is 2. The second-order valence-electron chi connectivity index (χ2n) is 5.32. The average molecular weight is 399 g/mol. The van der Waals surface area contributed by atoms with Gasteiger partial charge in [0.2, 0.25) is 16.9 Å². The first-order valence-corrected chi connectivity index (χ1v) is 9.63. The van der Waals surface area contributed by atoms with E-state index >= 15 is 0 Å². The third kappa shape index (κ3) is 5.07. The van der Waals surface area contributed by atoms with Crippen molar-refractivity contribution in [3.05, 3.63) is 23.2 Å². The highest BCUT2D eigenvalue weighted by Gasteiger charge is 2.30. The molecule has 0 bridgehead atoms. The molecular formula is C15H15ClN4O3S2. The lowest BCUT2D eigenvalue weighted by Gasteiger charge is -2.09. The van der Waals surface area contributed by atoms with Crippen molar-refractivity contribution >= 4 is 57.3 Å². The molecule has 0 radical (unpaired) electrons. The highest BCUT2D eigenvalue weighted by molar-refractivity contribution is 8.01. The Kier molecular flexibility index (Phi) is 5.77. The average Bonchev–Trinajstić information content (AvgIpc) is 3.34. The number of methoxy groups -OCH3 is 1. The summed E-state index contributed by atoms with van der Waals surface area (Å²) in [7, 11) is 1.52. The van der Waals surface area contributed by atoms with Crippen LogP contribution in [-0.2, 0) is 9.59 Å². The Morgan fingerprint density at radius 2 is 2.16 bits per heavy atom. The molecule has 132 valence electrons. The van der Waals surface area contributed by atoms with Gasteiger partial charge >= 0.3 is 0 Å². The van der Waals surface area contributed by atoms with E-state index in [2.05, 4.69) is 20.8 Å². The van der Waals surface area contributed by atoms with E-state index in [0.717, 1.165) is 12.8 Å². The molecule has 0 spiro atoms. The molecule has 0 saturated heterocycles. The molecule has 1 heterocycles. The predicted molar refractivity (Wildman–Crippen MR) is 98.6 cm³/mol. The number of carbonyl (C=O) groups is 2. The number of nitrogens with one attached hydrogen (secondary N) is 2. The maximum atomic E-state index is 12.1. The van der Waals surface area contributed by atoms with Crippen LogP contribution in [0.15, 0.2) is 22.5 Å². The smallest absolute Gasteiger partial charge is 0.234 e. The predicted octanol–water partition coefficient (Wildman–Crippen LogP) is 3.28. The van der Waals surface area contributed by atoms with Crippen LogP contribution in [0, 0.1) is 5.92 Å². The summed E-state index contributed by atoms with van der Waals surface area (Å²) in [6.45, 7) is 0. The lowest BCUT2D eigenvalue weighted by Crippen LogP contribution is -2.14. The molecule has 1 fully saturated rings. The molecule has 1 aliphatic rings. The maximum absolute atomic E-state index is 12.1. The molecule has 1 aliphatic carbocycles. The van der Waals surface area contributed by atoms with Crippen LogP contribution in [0.4, 0.5) is 10.8 Å². The maximum Gasteiger partial charge on any atom is 0.234 e. The van der Waals surface area contributed by atoms with Crippen LogP contribution in [0.5, 0.6) is 5.75 Å². The van der Waals surface area contributed by atoms with E-state index < -0.39 is 0 Å². The topological polar surface area (TPSA) is 93.2 Å². The van der Waals surface area contributed by atoms with Crippen LogP contribution < -0.4 is 15.4 Å². The Morgan fingerprint density at radius 3 is 2.88 bits per heavy atom. The molecule has 10 heteroatoms. The minimum atomic E-state index is -0.218. The first-order chi connectivity index (χ1) is 12.0. The van der Waals surface area contributed by atoms with Crippen molar-refractivity contribution in [1.82, 2.24) is 10.2 Å². The number of nitrogens with zero attached hydrogens (tertiary/aromatic N) is 2. The summed E-state index contributed by atoms with van der Waals surface area (Å²) in [6.07, 6.45) is 1.86. The fourth-order valence-electron chi connectivity index (χ4n) is 1.96.